The normalized spacial score (nSPS) is 20.3. The minimum Gasteiger partial charge on any atom is -0.481 e. The molecule has 7 heteroatoms. The SMILES string of the molecule is COCC1(C(=O)O)CCN(C(=O)c2ccc(-n3cccn3)cc2)C1. The highest BCUT2D eigenvalue weighted by atomic mass is 16.5. The number of likely N-dealkylation sites (tertiary alicyclic amines) is 1. The molecule has 3 rings (SSSR count). The number of hydrogen-bond donors (Lipinski definition) is 1. The monoisotopic (exact) mass is 329 g/mol. The first-order chi connectivity index (χ1) is 11.6. The maximum atomic E-state index is 12.6. The molecule has 0 radical (unpaired) electrons. The lowest BCUT2D eigenvalue weighted by Gasteiger charge is -2.23. The summed E-state index contributed by atoms with van der Waals surface area (Å²) >= 11 is 0. The molecule has 1 aliphatic rings. The number of methoxy groups -OCH3 is 1. The van der Waals surface area contributed by atoms with E-state index in [2.05, 4.69) is 5.10 Å². The summed E-state index contributed by atoms with van der Waals surface area (Å²) in [7, 11) is 1.48. The number of carboxylic acids is 1. The van der Waals surface area contributed by atoms with Gasteiger partial charge in [0.15, 0.2) is 0 Å². The molecule has 1 aliphatic heterocycles. The van der Waals surface area contributed by atoms with Gasteiger partial charge in [0.1, 0.15) is 5.41 Å². The van der Waals surface area contributed by atoms with Crippen molar-refractivity contribution < 1.29 is 19.4 Å². The fourth-order valence-corrected chi connectivity index (χ4v) is 3.04. The van der Waals surface area contributed by atoms with E-state index in [4.69, 9.17) is 4.74 Å². The Morgan fingerprint density at radius 3 is 2.67 bits per heavy atom. The van der Waals surface area contributed by atoms with Crippen LogP contribution in [0.2, 0.25) is 0 Å². The molecule has 0 spiro atoms. The molecule has 2 heterocycles. The Morgan fingerprint density at radius 2 is 2.08 bits per heavy atom. The fraction of sp³-hybridized carbons (Fsp3) is 0.353. The van der Waals surface area contributed by atoms with Crippen LogP contribution in [0, 0.1) is 5.41 Å². The van der Waals surface area contributed by atoms with Crippen LogP contribution in [-0.2, 0) is 9.53 Å². The van der Waals surface area contributed by atoms with E-state index in [1.54, 1.807) is 27.9 Å². The molecule has 1 fully saturated rings. The number of carbonyl (C=O) groups excluding carboxylic acids is 1. The summed E-state index contributed by atoms with van der Waals surface area (Å²) in [6, 6.07) is 8.92. The zero-order chi connectivity index (χ0) is 17.2. The minimum atomic E-state index is -1.01. The summed E-state index contributed by atoms with van der Waals surface area (Å²) in [4.78, 5) is 25.8. The molecule has 0 aliphatic carbocycles. The van der Waals surface area contributed by atoms with Gasteiger partial charge in [0.25, 0.3) is 5.91 Å². The predicted molar refractivity (Wildman–Crippen MR) is 86.0 cm³/mol. The zero-order valence-electron chi connectivity index (χ0n) is 13.4. The maximum Gasteiger partial charge on any atom is 0.313 e. The lowest BCUT2D eigenvalue weighted by molar-refractivity contribution is -0.151. The van der Waals surface area contributed by atoms with Gasteiger partial charge in [0, 0.05) is 38.2 Å². The van der Waals surface area contributed by atoms with Crippen molar-refractivity contribution in [3.05, 3.63) is 48.3 Å². The van der Waals surface area contributed by atoms with Gasteiger partial charge in [-0.15, -0.1) is 0 Å². The molecule has 1 amide bonds. The Hall–Kier alpha value is -2.67. The molecule has 24 heavy (non-hydrogen) atoms. The third-order valence-electron chi connectivity index (χ3n) is 4.40. The third-order valence-corrected chi connectivity index (χ3v) is 4.40. The van der Waals surface area contributed by atoms with Crippen molar-refractivity contribution in [3.63, 3.8) is 0 Å². The molecule has 1 unspecified atom stereocenters. The molecule has 7 nitrogen and oxygen atoms in total. The Bertz CT molecular complexity index is 727. The maximum absolute atomic E-state index is 12.6. The van der Waals surface area contributed by atoms with E-state index >= 15 is 0 Å². The number of ether oxygens (including phenoxy) is 1. The average Bonchev–Trinajstić information content (AvgIpc) is 3.25. The number of carboxylic acid groups (broad SMARTS) is 1. The Morgan fingerprint density at radius 1 is 1.33 bits per heavy atom. The van der Waals surface area contributed by atoms with E-state index in [1.165, 1.54) is 7.11 Å². The average molecular weight is 329 g/mol. The van der Waals surface area contributed by atoms with Crippen molar-refractivity contribution in [1.82, 2.24) is 14.7 Å². The number of amides is 1. The number of rotatable bonds is 5. The fourth-order valence-electron chi connectivity index (χ4n) is 3.04. The topological polar surface area (TPSA) is 84.7 Å². The second-order valence-corrected chi connectivity index (χ2v) is 5.99. The number of hydrogen-bond acceptors (Lipinski definition) is 4. The van der Waals surface area contributed by atoms with E-state index in [9.17, 15) is 14.7 Å². The van der Waals surface area contributed by atoms with Crippen LogP contribution in [-0.4, -0.2) is 58.5 Å². The number of aliphatic carboxylic acids is 1. The van der Waals surface area contributed by atoms with E-state index in [-0.39, 0.29) is 19.1 Å². The van der Waals surface area contributed by atoms with Crippen molar-refractivity contribution >= 4 is 11.9 Å². The lowest BCUT2D eigenvalue weighted by atomic mass is 9.88. The third kappa shape index (κ3) is 2.90. The Kier molecular flexibility index (Phi) is 4.35. The van der Waals surface area contributed by atoms with Crippen LogP contribution in [0.4, 0.5) is 0 Å². The van der Waals surface area contributed by atoms with E-state index < -0.39 is 11.4 Å². The molecule has 1 saturated heterocycles. The smallest absolute Gasteiger partial charge is 0.313 e. The Balaban J connectivity index is 1.74. The summed E-state index contributed by atoms with van der Waals surface area (Å²) < 4.78 is 6.76. The molecular formula is C17H19N3O4. The number of aromatic nitrogens is 2. The first kappa shape index (κ1) is 16.2. The van der Waals surface area contributed by atoms with Crippen molar-refractivity contribution in [2.45, 2.75) is 6.42 Å². The highest BCUT2D eigenvalue weighted by Gasteiger charge is 2.46. The van der Waals surface area contributed by atoms with Gasteiger partial charge in [-0.2, -0.15) is 5.10 Å². The molecule has 0 saturated carbocycles. The van der Waals surface area contributed by atoms with Gasteiger partial charge in [0.05, 0.1) is 12.3 Å². The minimum absolute atomic E-state index is 0.102. The highest BCUT2D eigenvalue weighted by molar-refractivity contribution is 5.95. The number of benzene rings is 1. The van der Waals surface area contributed by atoms with Crippen molar-refractivity contribution in [1.29, 1.82) is 0 Å². The number of carbonyl (C=O) groups is 2. The summed E-state index contributed by atoms with van der Waals surface area (Å²) in [5.41, 5.74) is 0.376. The highest BCUT2D eigenvalue weighted by Crippen LogP contribution is 2.32. The largest absolute Gasteiger partial charge is 0.481 e. The second-order valence-electron chi connectivity index (χ2n) is 5.99. The molecule has 1 N–H and O–H groups in total. The van der Waals surface area contributed by atoms with Gasteiger partial charge in [0.2, 0.25) is 0 Å². The first-order valence-electron chi connectivity index (χ1n) is 7.67. The standard InChI is InChI=1S/C17H19N3O4/c1-24-12-17(16(22)23)7-10-19(11-17)15(21)13-3-5-14(6-4-13)20-9-2-8-18-20/h2-6,8-9H,7,10-12H2,1H3,(H,22,23). The van der Waals surface area contributed by atoms with Gasteiger partial charge < -0.3 is 14.7 Å². The van der Waals surface area contributed by atoms with Crippen LogP contribution in [0.15, 0.2) is 42.7 Å². The summed E-state index contributed by atoms with van der Waals surface area (Å²) in [5.74, 6) is -1.09. The molecule has 1 aromatic heterocycles. The molecule has 1 atom stereocenters. The van der Waals surface area contributed by atoms with Crippen molar-refractivity contribution in [2.75, 3.05) is 26.8 Å². The molecule has 0 bridgehead atoms. The quantitative estimate of drug-likeness (QED) is 0.897. The summed E-state index contributed by atoms with van der Waals surface area (Å²) in [6.07, 6.45) is 3.90. The first-order valence-corrected chi connectivity index (χ1v) is 7.67. The Labute approximate surface area is 139 Å². The predicted octanol–water partition coefficient (Wildman–Crippen LogP) is 1.44. The molecule has 1 aromatic carbocycles. The van der Waals surface area contributed by atoms with E-state index in [0.29, 0.717) is 18.5 Å². The van der Waals surface area contributed by atoms with Crippen molar-refractivity contribution in [3.8, 4) is 5.69 Å². The van der Waals surface area contributed by atoms with Crippen LogP contribution < -0.4 is 0 Å². The molecular weight excluding hydrogens is 310 g/mol. The molecule has 126 valence electrons. The van der Waals surface area contributed by atoms with Crippen LogP contribution in [0.1, 0.15) is 16.8 Å². The summed E-state index contributed by atoms with van der Waals surface area (Å²) in [5, 5.41) is 13.6. The van der Waals surface area contributed by atoms with Gasteiger partial charge in [-0.3, -0.25) is 9.59 Å². The van der Waals surface area contributed by atoms with E-state index in [0.717, 1.165) is 5.69 Å². The second kappa shape index (κ2) is 6.45. The van der Waals surface area contributed by atoms with Gasteiger partial charge >= 0.3 is 5.97 Å². The van der Waals surface area contributed by atoms with Crippen LogP contribution in [0.3, 0.4) is 0 Å². The van der Waals surface area contributed by atoms with Gasteiger partial charge in [-0.1, -0.05) is 0 Å². The van der Waals surface area contributed by atoms with E-state index in [1.807, 2.05) is 24.4 Å². The zero-order valence-corrected chi connectivity index (χ0v) is 13.4. The van der Waals surface area contributed by atoms with Crippen LogP contribution in [0.25, 0.3) is 5.69 Å². The van der Waals surface area contributed by atoms with Crippen LogP contribution in [0.5, 0.6) is 0 Å². The molecule has 2 aromatic rings. The number of nitrogens with zero attached hydrogens (tertiary/aromatic N) is 3. The van der Waals surface area contributed by atoms with Gasteiger partial charge in [-0.05, 0) is 36.8 Å². The van der Waals surface area contributed by atoms with Crippen LogP contribution >= 0.6 is 0 Å². The lowest BCUT2D eigenvalue weighted by Crippen LogP contribution is -2.40. The summed E-state index contributed by atoms with van der Waals surface area (Å²) in [6.45, 7) is 0.676. The van der Waals surface area contributed by atoms with Gasteiger partial charge in [-0.25, -0.2) is 4.68 Å². The van der Waals surface area contributed by atoms with Crippen molar-refractivity contribution in [2.24, 2.45) is 5.41 Å².